The van der Waals surface area contributed by atoms with Gasteiger partial charge in [0.05, 0.1) is 0 Å². The quantitative estimate of drug-likeness (QED) is 0.808. The monoisotopic (exact) mass is 223 g/mol. The fraction of sp³-hybridized carbons (Fsp3) is 0.818. The van der Waals surface area contributed by atoms with Crippen LogP contribution in [0.5, 0.6) is 0 Å². The third kappa shape index (κ3) is 2.04. The van der Waals surface area contributed by atoms with E-state index in [9.17, 15) is 0 Å². The molecule has 2 rings (SSSR count). The van der Waals surface area contributed by atoms with Crippen molar-refractivity contribution in [1.29, 1.82) is 0 Å². The van der Waals surface area contributed by atoms with E-state index in [-0.39, 0.29) is 0 Å². The molecule has 0 aromatic carbocycles. The average Bonchev–Trinajstić information content (AvgIpc) is 2.85. The molecule has 0 saturated heterocycles. The first kappa shape index (κ1) is 11.4. The second-order valence-corrected chi connectivity index (χ2v) is 4.43. The van der Waals surface area contributed by atoms with Crippen LogP contribution in [0.4, 0.5) is 5.95 Å². The summed E-state index contributed by atoms with van der Waals surface area (Å²) in [6.07, 6.45) is 3.30. The Labute approximate surface area is 96.4 Å². The first-order valence-corrected chi connectivity index (χ1v) is 6.18. The zero-order valence-electron chi connectivity index (χ0n) is 10.1. The fourth-order valence-corrected chi connectivity index (χ4v) is 2.47. The van der Waals surface area contributed by atoms with Gasteiger partial charge in [0.2, 0.25) is 5.95 Å². The van der Waals surface area contributed by atoms with Gasteiger partial charge in [-0.1, -0.05) is 0 Å². The average molecular weight is 223 g/mol. The van der Waals surface area contributed by atoms with Crippen LogP contribution in [0.3, 0.4) is 0 Å². The Morgan fingerprint density at radius 1 is 1.38 bits per heavy atom. The Morgan fingerprint density at radius 2 is 2.19 bits per heavy atom. The number of hydrogen-bond donors (Lipinski definition) is 2. The molecule has 2 atom stereocenters. The first-order chi connectivity index (χ1) is 7.76. The van der Waals surface area contributed by atoms with Crippen molar-refractivity contribution >= 4 is 5.95 Å². The minimum atomic E-state index is 0.342. The minimum Gasteiger partial charge on any atom is -0.355 e. The summed E-state index contributed by atoms with van der Waals surface area (Å²) in [6.45, 7) is 5.99. The summed E-state index contributed by atoms with van der Waals surface area (Å²) in [4.78, 5) is 0. The summed E-state index contributed by atoms with van der Waals surface area (Å²) in [5.41, 5.74) is 5.95. The summed E-state index contributed by atoms with van der Waals surface area (Å²) in [5, 5.41) is 11.8. The SMILES string of the molecule is CCNc1nnc(C2CCC(N)C2)n1CC. The number of anilines is 1. The molecule has 90 valence electrons. The molecule has 1 aromatic rings. The Bertz CT molecular complexity index is 346. The van der Waals surface area contributed by atoms with Crippen molar-refractivity contribution in [3.8, 4) is 0 Å². The smallest absolute Gasteiger partial charge is 0.224 e. The Morgan fingerprint density at radius 3 is 2.75 bits per heavy atom. The molecule has 1 aliphatic rings. The van der Waals surface area contributed by atoms with E-state index < -0.39 is 0 Å². The summed E-state index contributed by atoms with van der Waals surface area (Å²) in [5.74, 6) is 2.49. The van der Waals surface area contributed by atoms with Crippen molar-refractivity contribution in [3.05, 3.63) is 5.82 Å². The van der Waals surface area contributed by atoms with Crippen molar-refractivity contribution in [3.63, 3.8) is 0 Å². The van der Waals surface area contributed by atoms with Gasteiger partial charge in [0.25, 0.3) is 0 Å². The third-order valence-electron chi connectivity index (χ3n) is 3.27. The van der Waals surface area contributed by atoms with Crippen molar-refractivity contribution in [2.75, 3.05) is 11.9 Å². The van der Waals surface area contributed by atoms with E-state index in [1.807, 2.05) is 0 Å². The van der Waals surface area contributed by atoms with Gasteiger partial charge in [-0.05, 0) is 33.1 Å². The van der Waals surface area contributed by atoms with Crippen LogP contribution in [0.15, 0.2) is 0 Å². The highest BCUT2D eigenvalue weighted by Gasteiger charge is 2.27. The number of nitrogens with zero attached hydrogens (tertiary/aromatic N) is 3. The molecule has 2 unspecified atom stereocenters. The molecule has 5 heteroatoms. The molecule has 1 saturated carbocycles. The van der Waals surface area contributed by atoms with Crippen molar-refractivity contribution in [2.24, 2.45) is 5.73 Å². The highest BCUT2D eigenvalue weighted by molar-refractivity contribution is 5.26. The van der Waals surface area contributed by atoms with Crippen LogP contribution in [0.1, 0.15) is 44.9 Å². The highest BCUT2D eigenvalue weighted by atomic mass is 15.3. The molecule has 0 bridgehead atoms. The third-order valence-corrected chi connectivity index (χ3v) is 3.27. The molecule has 3 N–H and O–H groups in total. The number of nitrogens with two attached hydrogens (primary N) is 1. The van der Waals surface area contributed by atoms with Crippen molar-refractivity contribution in [2.45, 2.75) is 51.6 Å². The van der Waals surface area contributed by atoms with Crippen LogP contribution < -0.4 is 11.1 Å². The predicted molar refractivity (Wildman–Crippen MR) is 64.4 cm³/mol. The van der Waals surface area contributed by atoms with E-state index in [1.54, 1.807) is 0 Å². The fourth-order valence-electron chi connectivity index (χ4n) is 2.47. The zero-order valence-corrected chi connectivity index (χ0v) is 10.1. The van der Waals surface area contributed by atoms with E-state index >= 15 is 0 Å². The van der Waals surface area contributed by atoms with Crippen LogP contribution in [0.25, 0.3) is 0 Å². The van der Waals surface area contributed by atoms with E-state index in [0.29, 0.717) is 12.0 Å². The summed E-state index contributed by atoms with van der Waals surface area (Å²) in [7, 11) is 0. The first-order valence-electron chi connectivity index (χ1n) is 6.18. The summed E-state index contributed by atoms with van der Waals surface area (Å²) in [6, 6.07) is 0.342. The lowest BCUT2D eigenvalue weighted by molar-refractivity contribution is 0.591. The van der Waals surface area contributed by atoms with Gasteiger partial charge in [0, 0.05) is 25.0 Å². The molecular formula is C11H21N5. The topological polar surface area (TPSA) is 68.8 Å². The number of aromatic nitrogens is 3. The molecule has 0 amide bonds. The predicted octanol–water partition coefficient (Wildman–Crippen LogP) is 1.32. The van der Waals surface area contributed by atoms with Gasteiger partial charge in [-0.2, -0.15) is 0 Å². The van der Waals surface area contributed by atoms with Crippen LogP contribution in [-0.2, 0) is 6.54 Å². The zero-order chi connectivity index (χ0) is 11.5. The Balaban J connectivity index is 2.20. The molecule has 16 heavy (non-hydrogen) atoms. The molecule has 1 heterocycles. The van der Waals surface area contributed by atoms with E-state index in [0.717, 1.165) is 44.1 Å². The van der Waals surface area contributed by atoms with Crippen LogP contribution in [0, 0.1) is 0 Å². The minimum absolute atomic E-state index is 0.342. The van der Waals surface area contributed by atoms with E-state index in [4.69, 9.17) is 5.73 Å². The van der Waals surface area contributed by atoms with Gasteiger partial charge in [-0.3, -0.25) is 4.57 Å². The molecule has 5 nitrogen and oxygen atoms in total. The van der Waals surface area contributed by atoms with Crippen molar-refractivity contribution in [1.82, 2.24) is 14.8 Å². The van der Waals surface area contributed by atoms with Crippen LogP contribution in [0.2, 0.25) is 0 Å². The molecule has 1 aliphatic carbocycles. The molecule has 0 radical (unpaired) electrons. The normalized spacial score (nSPS) is 24.9. The van der Waals surface area contributed by atoms with Gasteiger partial charge < -0.3 is 11.1 Å². The van der Waals surface area contributed by atoms with Gasteiger partial charge in [0.1, 0.15) is 5.82 Å². The standard InChI is InChI=1S/C11H21N5/c1-3-13-11-15-14-10(16(11)4-2)8-5-6-9(12)7-8/h8-9H,3-7,12H2,1-2H3,(H,13,15). The number of rotatable bonds is 4. The lowest BCUT2D eigenvalue weighted by Crippen LogP contribution is -2.16. The molecular weight excluding hydrogens is 202 g/mol. The van der Waals surface area contributed by atoms with E-state index in [2.05, 4.69) is 33.9 Å². The maximum atomic E-state index is 5.95. The second-order valence-electron chi connectivity index (χ2n) is 4.43. The van der Waals surface area contributed by atoms with Crippen molar-refractivity contribution < 1.29 is 0 Å². The van der Waals surface area contributed by atoms with Gasteiger partial charge in [0.15, 0.2) is 0 Å². The second kappa shape index (κ2) is 4.82. The van der Waals surface area contributed by atoms with Gasteiger partial charge >= 0.3 is 0 Å². The van der Waals surface area contributed by atoms with Crippen LogP contribution >= 0.6 is 0 Å². The summed E-state index contributed by atoms with van der Waals surface area (Å²) >= 11 is 0. The van der Waals surface area contributed by atoms with Crippen LogP contribution in [-0.4, -0.2) is 27.4 Å². The lowest BCUT2D eigenvalue weighted by Gasteiger charge is -2.12. The van der Waals surface area contributed by atoms with E-state index in [1.165, 1.54) is 0 Å². The maximum absolute atomic E-state index is 5.95. The van der Waals surface area contributed by atoms with Gasteiger partial charge in [-0.25, -0.2) is 0 Å². The molecule has 0 aliphatic heterocycles. The Hall–Kier alpha value is -1.10. The summed E-state index contributed by atoms with van der Waals surface area (Å²) < 4.78 is 2.17. The largest absolute Gasteiger partial charge is 0.355 e. The molecule has 1 fully saturated rings. The highest BCUT2D eigenvalue weighted by Crippen LogP contribution is 2.33. The number of hydrogen-bond acceptors (Lipinski definition) is 4. The lowest BCUT2D eigenvalue weighted by atomic mass is 10.1. The van der Waals surface area contributed by atoms with Gasteiger partial charge in [-0.15, -0.1) is 10.2 Å². The number of nitrogens with one attached hydrogen (secondary N) is 1. The Kier molecular flexibility index (Phi) is 3.43. The molecule has 0 spiro atoms. The maximum Gasteiger partial charge on any atom is 0.224 e. The molecule has 1 aromatic heterocycles.